The van der Waals surface area contributed by atoms with Crippen molar-refractivity contribution in [3.63, 3.8) is 0 Å². The molecule has 2 aliphatic heterocycles. The molecule has 206 valence electrons. The van der Waals surface area contributed by atoms with Crippen molar-refractivity contribution < 1.29 is 27.8 Å². The Morgan fingerprint density at radius 1 is 1.03 bits per heavy atom. The first-order chi connectivity index (χ1) is 19.0. The fourth-order valence-electron chi connectivity index (χ4n) is 5.29. The number of alkyl halides is 1. The van der Waals surface area contributed by atoms with Crippen LogP contribution in [-0.2, 0) is 0 Å². The van der Waals surface area contributed by atoms with E-state index in [1.165, 1.54) is 6.07 Å². The molecular formula is C31H32F3NO3S. The molecule has 0 saturated carbocycles. The molecule has 1 atom stereocenters. The lowest BCUT2D eigenvalue weighted by molar-refractivity contribution is 0.198. The number of hydrogen-bond acceptors (Lipinski definition) is 5. The van der Waals surface area contributed by atoms with E-state index >= 15 is 4.39 Å². The van der Waals surface area contributed by atoms with Crippen molar-refractivity contribution in [2.45, 2.75) is 37.2 Å². The minimum absolute atomic E-state index is 0.0455. The third-order valence-electron chi connectivity index (χ3n) is 7.08. The number of likely N-dealkylation sites (tertiary alicyclic amines) is 1. The molecule has 2 heterocycles. The Kier molecular flexibility index (Phi) is 8.72. The van der Waals surface area contributed by atoms with Gasteiger partial charge in [0, 0.05) is 41.9 Å². The van der Waals surface area contributed by atoms with Crippen LogP contribution in [0, 0.1) is 11.6 Å². The molecule has 0 spiro atoms. The second kappa shape index (κ2) is 12.4. The number of allylic oxidation sites excluding steroid dienone is 1. The van der Waals surface area contributed by atoms with E-state index in [-0.39, 0.29) is 36.4 Å². The van der Waals surface area contributed by atoms with Crippen molar-refractivity contribution in [1.29, 1.82) is 0 Å². The van der Waals surface area contributed by atoms with Crippen LogP contribution in [0.4, 0.5) is 13.2 Å². The Morgan fingerprint density at radius 2 is 1.85 bits per heavy atom. The molecule has 2 aliphatic rings. The Balaban J connectivity index is 1.51. The van der Waals surface area contributed by atoms with Gasteiger partial charge < -0.3 is 14.6 Å². The van der Waals surface area contributed by atoms with E-state index in [4.69, 9.17) is 9.47 Å². The maximum atomic E-state index is 15.4. The van der Waals surface area contributed by atoms with Crippen LogP contribution >= 0.6 is 11.8 Å². The first kappa shape index (κ1) is 27.5. The summed E-state index contributed by atoms with van der Waals surface area (Å²) in [7, 11) is 0. The Bertz CT molecular complexity index is 1350. The van der Waals surface area contributed by atoms with Gasteiger partial charge >= 0.3 is 0 Å². The lowest BCUT2D eigenvalue weighted by Crippen LogP contribution is -2.26. The van der Waals surface area contributed by atoms with Crippen LogP contribution in [0.1, 0.15) is 42.9 Å². The number of phenols is 1. The number of nitrogens with zero attached hydrogens (tertiary/aromatic N) is 1. The molecule has 0 bridgehead atoms. The number of fused-ring (bicyclic) bond motifs is 1. The topological polar surface area (TPSA) is 41.9 Å². The standard InChI is InChI=1S/C31H32F3NO3S/c1-2-37-29-18-27(33)26(17-28(29)34)24-11-15-39-30-16-21(36)6-9-25(30)31(24)20-4-7-22(8-5-20)38-23-10-14-35(19-23)13-3-12-32/h4-9,16-18,23,36H,2-3,10-15,19H2,1H3/t23-/m0/s1. The van der Waals surface area contributed by atoms with Crippen molar-refractivity contribution in [3.8, 4) is 17.2 Å². The zero-order valence-electron chi connectivity index (χ0n) is 21.9. The molecule has 0 aliphatic carbocycles. The third kappa shape index (κ3) is 6.23. The van der Waals surface area contributed by atoms with Gasteiger partial charge in [0.1, 0.15) is 23.4 Å². The van der Waals surface area contributed by atoms with Gasteiger partial charge in [-0.2, -0.15) is 0 Å². The van der Waals surface area contributed by atoms with E-state index in [0.717, 1.165) is 59.5 Å². The lowest BCUT2D eigenvalue weighted by Gasteiger charge is -2.19. The molecule has 3 aromatic carbocycles. The monoisotopic (exact) mass is 555 g/mol. The van der Waals surface area contributed by atoms with E-state index in [1.54, 1.807) is 30.8 Å². The first-order valence-electron chi connectivity index (χ1n) is 13.3. The van der Waals surface area contributed by atoms with E-state index in [2.05, 4.69) is 4.90 Å². The predicted molar refractivity (Wildman–Crippen MR) is 149 cm³/mol. The quantitative estimate of drug-likeness (QED) is 0.299. The third-order valence-corrected chi connectivity index (χ3v) is 8.13. The average Bonchev–Trinajstić information content (AvgIpc) is 3.29. The van der Waals surface area contributed by atoms with E-state index < -0.39 is 11.6 Å². The van der Waals surface area contributed by atoms with Crippen LogP contribution in [0.25, 0.3) is 11.1 Å². The van der Waals surface area contributed by atoms with Crippen molar-refractivity contribution in [2.24, 2.45) is 0 Å². The maximum Gasteiger partial charge on any atom is 0.165 e. The van der Waals surface area contributed by atoms with E-state index in [1.807, 2.05) is 30.3 Å². The molecule has 8 heteroatoms. The van der Waals surface area contributed by atoms with Crippen molar-refractivity contribution in [2.75, 3.05) is 38.7 Å². The summed E-state index contributed by atoms with van der Waals surface area (Å²) in [5.41, 5.74) is 3.39. The summed E-state index contributed by atoms with van der Waals surface area (Å²) in [5, 5.41) is 10.1. The first-order valence-corrected chi connectivity index (χ1v) is 14.3. The average molecular weight is 556 g/mol. The highest BCUT2D eigenvalue weighted by Gasteiger charge is 2.26. The van der Waals surface area contributed by atoms with Gasteiger partial charge in [0.2, 0.25) is 0 Å². The number of rotatable bonds is 9. The lowest BCUT2D eigenvalue weighted by atomic mass is 9.88. The van der Waals surface area contributed by atoms with Gasteiger partial charge in [0.25, 0.3) is 0 Å². The van der Waals surface area contributed by atoms with Gasteiger partial charge in [0.15, 0.2) is 11.6 Å². The van der Waals surface area contributed by atoms with E-state index in [0.29, 0.717) is 24.2 Å². The van der Waals surface area contributed by atoms with Gasteiger partial charge in [0.05, 0.1) is 13.3 Å². The minimum atomic E-state index is -0.608. The number of hydrogen-bond donors (Lipinski definition) is 1. The number of thioether (sulfide) groups is 1. The van der Waals surface area contributed by atoms with Crippen LogP contribution < -0.4 is 9.47 Å². The Labute approximate surface area is 231 Å². The second-order valence-electron chi connectivity index (χ2n) is 9.72. The van der Waals surface area contributed by atoms with Gasteiger partial charge in [-0.15, -0.1) is 11.8 Å². The zero-order chi connectivity index (χ0) is 27.4. The molecule has 1 saturated heterocycles. The SMILES string of the molecule is CCOc1cc(F)c(C2=C(c3ccc(O[C@H]4CCN(CCCF)C4)cc3)c3ccc(O)cc3SCC2)cc1F. The molecule has 0 amide bonds. The number of benzene rings is 3. The second-order valence-corrected chi connectivity index (χ2v) is 10.9. The molecule has 0 aromatic heterocycles. The summed E-state index contributed by atoms with van der Waals surface area (Å²) in [4.78, 5) is 3.10. The molecule has 1 fully saturated rings. The maximum absolute atomic E-state index is 15.4. The Hall–Kier alpha value is -3.10. The van der Waals surface area contributed by atoms with Gasteiger partial charge in [-0.3, -0.25) is 9.29 Å². The van der Waals surface area contributed by atoms with Crippen LogP contribution in [-0.4, -0.2) is 54.8 Å². The molecule has 5 rings (SSSR count). The Morgan fingerprint density at radius 3 is 2.62 bits per heavy atom. The van der Waals surface area contributed by atoms with Gasteiger partial charge in [-0.25, -0.2) is 8.78 Å². The molecule has 0 unspecified atom stereocenters. The van der Waals surface area contributed by atoms with Gasteiger partial charge in [-0.1, -0.05) is 12.1 Å². The van der Waals surface area contributed by atoms with E-state index in [9.17, 15) is 13.9 Å². The minimum Gasteiger partial charge on any atom is -0.508 e. The summed E-state index contributed by atoms with van der Waals surface area (Å²) in [6, 6.07) is 15.2. The number of aromatic hydroxyl groups is 1. The smallest absolute Gasteiger partial charge is 0.165 e. The largest absolute Gasteiger partial charge is 0.508 e. The summed E-state index contributed by atoms with van der Waals surface area (Å²) in [6.45, 7) is 4.06. The fraction of sp³-hybridized carbons (Fsp3) is 0.355. The number of ether oxygens (including phenoxy) is 2. The summed E-state index contributed by atoms with van der Waals surface area (Å²) in [5.74, 6) is 0.271. The highest BCUT2D eigenvalue weighted by Crippen LogP contribution is 2.45. The van der Waals surface area contributed by atoms with Crippen LogP contribution in [0.3, 0.4) is 0 Å². The highest BCUT2D eigenvalue weighted by atomic mass is 32.2. The summed E-state index contributed by atoms with van der Waals surface area (Å²) in [6.07, 6.45) is 1.98. The fourth-order valence-corrected chi connectivity index (χ4v) is 6.34. The zero-order valence-corrected chi connectivity index (χ0v) is 22.7. The predicted octanol–water partition coefficient (Wildman–Crippen LogP) is 7.34. The van der Waals surface area contributed by atoms with Crippen molar-refractivity contribution >= 4 is 22.9 Å². The van der Waals surface area contributed by atoms with Gasteiger partial charge in [-0.05, 0) is 84.9 Å². The summed E-state index contributed by atoms with van der Waals surface area (Å²) >= 11 is 1.58. The van der Waals surface area contributed by atoms with Crippen LogP contribution in [0.5, 0.6) is 17.2 Å². The van der Waals surface area contributed by atoms with Crippen molar-refractivity contribution in [3.05, 3.63) is 82.9 Å². The highest BCUT2D eigenvalue weighted by molar-refractivity contribution is 7.99. The number of phenolic OH excluding ortho intramolecular Hbond substituents is 1. The number of halogens is 3. The molecular weight excluding hydrogens is 523 g/mol. The molecule has 39 heavy (non-hydrogen) atoms. The van der Waals surface area contributed by atoms with Crippen molar-refractivity contribution in [1.82, 2.24) is 4.90 Å². The molecule has 0 radical (unpaired) electrons. The molecule has 4 nitrogen and oxygen atoms in total. The summed E-state index contributed by atoms with van der Waals surface area (Å²) < 4.78 is 54.3. The van der Waals surface area contributed by atoms with Crippen LogP contribution in [0.2, 0.25) is 0 Å². The van der Waals surface area contributed by atoms with Crippen LogP contribution in [0.15, 0.2) is 59.5 Å². The normalized spacial score (nSPS) is 17.7. The molecule has 1 N–H and O–H groups in total. The molecule has 3 aromatic rings.